The number of terminal acetylenes is 1. The van der Waals surface area contributed by atoms with Gasteiger partial charge in [-0.05, 0) is 47.7 Å². The van der Waals surface area contributed by atoms with Crippen molar-refractivity contribution >= 4 is 50.6 Å². The Kier molecular flexibility index (Phi) is 5.89. The van der Waals surface area contributed by atoms with Gasteiger partial charge in [0, 0.05) is 4.47 Å². The average Bonchev–Trinajstić information content (AvgIpc) is 2.95. The third-order valence-corrected chi connectivity index (χ3v) is 5.25. The predicted octanol–water partition coefficient (Wildman–Crippen LogP) is 4.71. The Labute approximate surface area is 169 Å². The number of thioether (sulfide) groups is 1. The fourth-order valence-corrected chi connectivity index (χ4v) is 3.73. The highest BCUT2D eigenvalue weighted by atomic mass is 79.9. The number of para-hydroxylation sites is 1. The van der Waals surface area contributed by atoms with Crippen LogP contribution in [0.2, 0.25) is 0 Å². The van der Waals surface area contributed by atoms with Crippen LogP contribution in [0.4, 0.5) is 10.5 Å². The summed E-state index contributed by atoms with van der Waals surface area (Å²) in [7, 11) is 1.51. The van der Waals surface area contributed by atoms with Crippen molar-refractivity contribution in [1.82, 2.24) is 0 Å². The second-order valence-electron chi connectivity index (χ2n) is 5.37. The van der Waals surface area contributed by atoms with Crippen LogP contribution in [-0.4, -0.2) is 24.9 Å². The lowest BCUT2D eigenvalue weighted by molar-refractivity contribution is -0.113. The zero-order valence-electron chi connectivity index (χ0n) is 14.3. The third kappa shape index (κ3) is 4.02. The Hall–Kier alpha value is -2.69. The van der Waals surface area contributed by atoms with Gasteiger partial charge in [-0.15, -0.1) is 6.42 Å². The van der Waals surface area contributed by atoms with Crippen molar-refractivity contribution < 1.29 is 19.1 Å². The van der Waals surface area contributed by atoms with Gasteiger partial charge in [-0.25, -0.2) is 4.90 Å². The van der Waals surface area contributed by atoms with Crippen molar-refractivity contribution in [3.8, 4) is 23.8 Å². The molecule has 7 heteroatoms. The molecule has 1 fully saturated rings. The van der Waals surface area contributed by atoms with Crippen LogP contribution < -0.4 is 14.4 Å². The van der Waals surface area contributed by atoms with Gasteiger partial charge in [0.25, 0.3) is 11.1 Å². The van der Waals surface area contributed by atoms with Crippen LogP contribution in [0, 0.1) is 12.3 Å². The Morgan fingerprint density at radius 1 is 1.22 bits per heavy atom. The first-order chi connectivity index (χ1) is 13.0. The minimum Gasteiger partial charge on any atom is -0.493 e. The van der Waals surface area contributed by atoms with Gasteiger partial charge in [-0.2, -0.15) is 0 Å². The second kappa shape index (κ2) is 8.33. The van der Waals surface area contributed by atoms with Crippen LogP contribution in [0.5, 0.6) is 11.5 Å². The molecule has 1 aliphatic heterocycles. The van der Waals surface area contributed by atoms with Crippen molar-refractivity contribution in [3.63, 3.8) is 0 Å². The number of halogens is 1. The van der Waals surface area contributed by atoms with Crippen LogP contribution >= 0.6 is 27.7 Å². The van der Waals surface area contributed by atoms with Gasteiger partial charge in [0.1, 0.15) is 6.61 Å². The normalized spacial score (nSPS) is 15.1. The molecule has 0 radical (unpaired) electrons. The molecule has 1 aliphatic rings. The number of anilines is 1. The number of carbonyl (C=O) groups excluding carboxylic acids is 2. The van der Waals surface area contributed by atoms with Crippen LogP contribution in [-0.2, 0) is 4.79 Å². The molecule has 136 valence electrons. The minimum absolute atomic E-state index is 0.109. The molecule has 27 heavy (non-hydrogen) atoms. The number of methoxy groups -OCH3 is 1. The molecule has 0 N–H and O–H groups in total. The summed E-state index contributed by atoms with van der Waals surface area (Å²) in [6, 6.07) is 12.2. The first-order valence-electron chi connectivity index (χ1n) is 7.82. The van der Waals surface area contributed by atoms with E-state index in [9.17, 15) is 9.59 Å². The summed E-state index contributed by atoms with van der Waals surface area (Å²) >= 11 is 4.34. The van der Waals surface area contributed by atoms with Gasteiger partial charge in [-0.1, -0.05) is 40.0 Å². The van der Waals surface area contributed by atoms with Crippen molar-refractivity contribution in [2.45, 2.75) is 0 Å². The van der Waals surface area contributed by atoms with Crippen LogP contribution in [0.25, 0.3) is 6.08 Å². The molecule has 2 aromatic rings. The standard InChI is InChI=1S/C20H14BrNO4S/c1-3-9-26-17-12-15(21)13(10-16(17)25-2)11-18-19(23)22(20(24)27-18)14-7-5-4-6-8-14/h1,4-8,10-12H,9H2,2H3/b18-11-. The maximum Gasteiger partial charge on any atom is 0.298 e. The van der Waals surface area contributed by atoms with Gasteiger partial charge < -0.3 is 9.47 Å². The Balaban J connectivity index is 1.94. The van der Waals surface area contributed by atoms with Gasteiger partial charge in [0.2, 0.25) is 0 Å². The fraction of sp³-hybridized carbons (Fsp3) is 0.100. The van der Waals surface area contributed by atoms with Gasteiger partial charge in [-0.3, -0.25) is 9.59 Å². The lowest BCUT2D eigenvalue weighted by Crippen LogP contribution is -2.27. The quantitative estimate of drug-likeness (QED) is 0.494. The number of hydrogen-bond donors (Lipinski definition) is 0. The maximum absolute atomic E-state index is 12.7. The van der Waals surface area contributed by atoms with E-state index in [2.05, 4.69) is 21.9 Å². The molecule has 0 bridgehead atoms. The Morgan fingerprint density at radius 2 is 1.96 bits per heavy atom. The van der Waals surface area contributed by atoms with Gasteiger partial charge in [0.05, 0.1) is 17.7 Å². The van der Waals surface area contributed by atoms with E-state index in [0.29, 0.717) is 32.1 Å². The molecule has 0 aliphatic carbocycles. The summed E-state index contributed by atoms with van der Waals surface area (Å²) in [5.74, 6) is 2.99. The largest absolute Gasteiger partial charge is 0.493 e. The molecule has 2 aromatic carbocycles. The number of nitrogens with zero attached hydrogens (tertiary/aromatic N) is 1. The smallest absolute Gasteiger partial charge is 0.298 e. The lowest BCUT2D eigenvalue weighted by atomic mass is 10.1. The topological polar surface area (TPSA) is 55.8 Å². The highest BCUT2D eigenvalue weighted by molar-refractivity contribution is 9.10. The Bertz CT molecular complexity index is 966. The molecular weight excluding hydrogens is 430 g/mol. The minimum atomic E-state index is -0.366. The van der Waals surface area contributed by atoms with Gasteiger partial charge in [0.15, 0.2) is 11.5 Å². The zero-order chi connectivity index (χ0) is 19.4. The summed E-state index contributed by atoms with van der Waals surface area (Å²) < 4.78 is 11.5. The molecular formula is C20H14BrNO4S. The van der Waals surface area contributed by atoms with E-state index >= 15 is 0 Å². The van der Waals surface area contributed by atoms with E-state index in [1.54, 1.807) is 42.5 Å². The molecule has 1 heterocycles. The highest BCUT2D eigenvalue weighted by Gasteiger charge is 2.36. The van der Waals surface area contributed by atoms with Crippen LogP contribution in [0.1, 0.15) is 5.56 Å². The molecule has 5 nitrogen and oxygen atoms in total. The van der Waals surface area contributed by atoms with Gasteiger partial charge >= 0.3 is 0 Å². The van der Waals surface area contributed by atoms with E-state index in [4.69, 9.17) is 15.9 Å². The molecule has 3 rings (SSSR count). The first-order valence-corrected chi connectivity index (χ1v) is 9.43. The Morgan fingerprint density at radius 3 is 2.63 bits per heavy atom. The van der Waals surface area contributed by atoms with E-state index in [-0.39, 0.29) is 17.8 Å². The molecule has 2 amide bonds. The predicted molar refractivity (Wildman–Crippen MR) is 110 cm³/mol. The molecule has 0 atom stereocenters. The number of hydrogen-bond acceptors (Lipinski definition) is 5. The second-order valence-corrected chi connectivity index (χ2v) is 7.22. The average molecular weight is 444 g/mol. The molecule has 0 saturated carbocycles. The third-order valence-electron chi connectivity index (χ3n) is 3.69. The summed E-state index contributed by atoms with van der Waals surface area (Å²) in [5, 5.41) is -0.338. The highest BCUT2D eigenvalue weighted by Crippen LogP contribution is 2.39. The number of carbonyl (C=O) groups is 2. The summed E-state index contributed by atoms with van der Waals surface area (Å²) in [5.41, 5.74) is 1.22. The summed E-state index contributed by atoms with van der Waals surface area (Å²) in [4.78, 5) is 26.5. The van der Waals surface area contributed by atoms with Crippen molar-refractivity contribution in [3.05, 3.63) is 57.4 Å². The fourth-order valence-electron chi connectivity index (χ4n) is 2.46. The summed E-state index contributed by atoms with van der Waals surface area (Å²) in [6.07, 6.45) is 6.86. The van der Waals surface area contributed by atoms with E-state index in [0.717, 1.165) is 16.7 Å². The monoisotopic (exact) mass is 443 g/mol. The number of ether oxygens (including phenoxy) is 2. The van der Waals surface area contributed by atoms with E-state index in [1.165, 1.54) is 7.11 Å². The SMILES string of the molecule is C#CCOc1cc(Br)c(/C=C2\SC(=O)N(c3ccccc3)C2=O)cc1OC. The first kappa shape index (κ1) is 19.1. The lowest BCUT2D eigenvalue weighted by Gasteiger charge is -2.12. The molecule has 0 spiro atoms. The zero-order valence-corrected chi connectivity index (χ0v) is 16.7. The van der Waals surface area contributed by atoms with Crippen molar-refractivity contribution in [2.75, 3.05) is 18.6 Å². The van der Waals surface area contributed by atoms with Crippen LogP contribution in [0.15, 0.2) is 51.8 Å². The number of benzene rings is 2. The van der Waals surface area contributed by atoms with E-state index < -0.39 is 0 Å². The van der Waals surface area contributed by atoms with Crippen LogP contribution in [0.3, 0.4) is 0 Å². The number of imide groups is 1. The number of rotatable bonds is 5. The van der Waals surface area contributed by atoms with Crippen molar-refractivity contribution in [2.24, 2.45) is 0 Å². The summed E-state index contributed by atoms with van der Waals surface area (Å²) in [6.45, 7) is 0.109. The molecule has 0 unspecified atom stereocenters. The molecule has 1 saturated heterocycles. The molecule has 0 aromatic heterocycles. The number of amides is 2. The van der Waals surface area contributed by atoms with Crippen molar-refractivity contribution in [1.29, 1.82) is 0 Å². The van der Waals surface area contributed by atoms with E-state index in [1.807, 2.05) is 6.07 Å². The maximum atomic E-state index is 12.7.